The molecule has 0 unspecified atom stereocenters. The Labute approximate surface area is 121 Å². The third kappa shape index (κ3) is 1.87. The number of hydrogen-bond acceptors (Lipinski definition) is 6. The van der Waals surface area contributed by atoms with Gasteiger partial charge in [-0.05, 0) is 0 Å². The number of fused-ring (bicyclic) bond motifs is 1. The lowest BCUT2D eigenvalue weighted by atomic mass is 10.1. The predicted molar refractivity (Wildman–Crippen MR) is 67.0 cm³/mol. The summed E-state index contributed by atoms with van der Waals surface area (Å²) < 4.78 is 20.9. The molecule has 0 bridgehead atoms. The van der Waals surface area contributed by atoms with Crippen LogP contribution >= 0.6 is 23.2 Å². The van der Waals surface area contributed by atoms with Gasteiger partial charge in [0, 0.05) is 0 Å². The van der Waals surface area contributed by atoms with E-state index in [1.54, 1.807) is 0 Å². The average Bonchev–Trinajstić information content (AvgIpc) is 2.92. The second-order valence-electron chi connectivity index (χ2n) is 4.32. The number of nitrogens with zero attached hydrogens (tertiary/aromatic N) is 4. The van der Waals surface area contributed by atoms with Crippen molar-refractivity contribution in [1.29, 1.82) is 0 Å². The third-order valence-electron chi connectivity index (χ3n) is 3.13. The largest absolute Gasteiger partial charge is 0.394 e. The lowest BCUT2D eigenvalue weighted by Crippen LogP contribution is -2.38. The molecule has 1 saturated heterocycles. The van der Waals surface area contributed by atoms with E-state index in [2.05, 4.69) is 15.0 Å². The van der Waals surface area contributed by atoms with Gasteiger partial charge in [0.15, 0.2) is 17.0 Å². The van der Waals surface area contributed by atoms with Crippen molar-refractivity contribution < 1.29 is 19.3 Å². The van der Waals surface area contributed by atoms with Crippen LogP contribution in [0.1, 0.15) is 6.23 Å². The molecule has 3 rings (SSSR count). The summed E-state index contributed by atoms with van der Waals surface area (Å²) in [6.45, 7) is -0.571. The Hall–Kier alpha value is -1.06. The van der Waals surface area contributed by atoms with E-state index < -0.39 is 30.2 Å². The molecule has 108 valence electrons. The highest BCUT2D eigenvalue weighted by Crippen LogP contribution is 2.45. The van der Waals surface area contributed by atoms with Gasteiger partial charge in [0.25, 0.3) is 5.13 Å². The highest BCUT2D eigenvalue weighted by atomic mass is 35.5. The topological polar surface area (TPSA) is 93.3 Å². The zero-order valence-electron chi connectivity index (χ0n) is 9.82. The molecular weight excluding hydrogens is 314 g/mol. The number of aliphatic hydroxyl groups is 2. The average molecular weight is 323 g/mol. The van der Waals surface area contributed by atoms with E-state index in [1.807, 2.05) is 0 Å². The van der Waals surface area contributed by atoms with Crippen molar-refractivity contribution in [3.8, 4) is 0 Å². The number of rotatable bonds is 2. The first-order valence-corrected chi connectivity index (χ1v) is 6.37. The normalized spacial score (nSPS) is 34.0. The molecule has 0 saturated carbocycles. The van der Waals surface area contributed by atoms with Crippen LogP contribution in [-0.4, -0.2) is 53.7 Å². The zero-order chi connectivity index (χ0) is 14.5. The van der Waals surface area contributed by atoms with Crippen molar-refractivity contribution in [1.82, 2.24) is 19.5 Å². The quantitative estimate of drug-likeness (QED) is 0.622. The lowest BCUT2D eigenvalue weighted by Gasteiger charge is -2.22. The maximum atomic E-state index is 14.5. The monoisotopic (exact) mass is 322 g/mol. The Balaban J connectivity index is 2.10. The Morgan fingerprint density at radius 1 is 1.45 bits per heavy atom. The van der Waals surface area contributed by atoms with Crippen LogP contribution in [0.4, 0.5) is 4.39 Å². The van der Waals surface area contributed by atoms with Crippen molar-refractivity contribution in [3.05, 3.63) is 17.8 Å². The highest BCUT2D eigenvalue weighted by molar-refractivity contribution is 6.33. The summed E-state index contributed by atoms with van der Waals surface area (Å²) in [5.41, 5.74) is 0.468. The minimum atomic E-state index is -2.63. The molecule has 1 aliphatic rings. The predicted octanol–water partition coefficient (Wildman–Crippen LogP) is 0.635. The fourth-order valence-corrected chi connectivity index (χ4v) is 2.59. The van der Waals surface area contributed by atoms with Gasteiger partial charge in [-0.1, -0.05) is 23.2 Å². The first-order valence-electron chi connectivity index (χ1n) is 5.62. The van der Waals surface area contributed by atoms with E-state index in [0.717, 1.165) is 0 Å². The van der Waals surface area contributed by atoms with E-state index in [0.29, 0.717) is 0 Å². The van der Waals surface area contributed by atoms with Crippen LogP contribution in [-0.2, 0) is 4.74 Å². The van der Waals surface area contributed by atoms with Crippen molar-refractivity contribution in [2.45, 2.75) is 23.6 Å². The smallest absolute Gasteiger partial charge is 0.256 e. The van der Waals surface area contributed by atoms with E-state index in [4.69, 9.17) is 33.0 Å². The summed E-state index contributed by atoms with van der Waals surface area (Å²) in [7, 11) is 0. The van der Waals surface area contributed by atoms with Gasteiger partial charge < -0.3 is 14.9 Å². The number of ether oxygens (including phenoxy) is 1. The molecule has 10 heteroatoms. The second-order valence-corrected chi connectivity index (χ2v) is 5.25. The molecule has 20 heavy (non-hydrogen) atoms. The van der Waals surface area contributed by atoms with Gasteiger partial charge in [-0.15, -0.1) is 0 Å². The summed E-state index contributed by atoms with van der Waals surface area (Å²) in [4.78, 5) is 11.7. The zero-order valence-corrected chi connectivity index (χ0v) is 11.3. The molecule has 2 N–H and O–H groups in total. The highest BCUT2D eigenvalue weighted by Gasteiger charge is 2.57. The fourth-order valence-electron chi connectivity index (χ4n) is 2.11. The minimum Gasteiger partial charge on any atom is -0.394 e. The Morgan fingerprint density at radius 2 is 2.20 bits per heavy atom. The summed E-state index contributed by atoms with van der Waals surface area (Å²) in [6.07, 6.45) is -1.80. The SMILES string of the molecule is OC[C@H]1O[C@@H](n2cnc3c(Cl)ncnc32)[C@@](F)(Cl)[C@@H]1O. The van der Waals surface area contributed by atoms with Gasteiger partial charge >= 0.3 is 0 Å². The van der Waals surface area contributed by atoms with Crippen molar-refractivity contribution >= 4 is 34.4 Å². The maximum Gasteiger partial charge on any atom is 0.256 e. The van der Waals surface area contributed by atoms with Gasteiger partial charge in [0.2, 0.25) is 0 Å². The molecule has 1 fully saturated rings. The van der Waals surface area contributed by atoms with Gasteiger partial charge in [-0.3, -0.25) is 4.57 Å². The van der Waals surface area contributed by atoms with Crippen LogP contribution in [0, 0.1) is 0 Å². The molecule has 2 aromatic rings. The maximum absolute atomic E-state index is 14.5. The first kappa shape index (κ1) is 13.9. The molecule has 2 aromatic heterocycles. The van der Waals surface area contributed by atoms with Crippen molar-refractivity contribution in [2.24, 2.45) is 0 Å². The summed E-state index contributed by atoms with van der Waals surface area (Å²) >= 11 is 11.6. The molecular formula is C10H9Cl2FN4O3. The molecule has 0 spiro atoms. The molecule has 1 aliphatic heterocycles. The van der Waals surface area contributed by atoms with Crippen LogP contribution in [0.25, 0.3) is 11.2 Å². The van der Waals surface area contributed by atoms with Crippen molar-refractivity contribution in [2.75, 3.05) is 6.61 Å². The van der Waals surface area contributed by atoms with E-state index in [9.17, 15) is 9.50 Å². The summed E-state index contributed by atoms with van der Waals surface area (Å²) in [5, 5.41) is 16.3. The molecule has 3 heterocycles. The third-order valence-corrected chi connectivity index (χ3v) is 3.81. The lowest BCUT2D eigenvalue weighted by molar-refractivity contribution is -0.0482. The fraction of sp³-hybridized carbons (Fsp3) is 0.500. The van der Waals surface area contributed by atoms with Gasteiger partial charge in [0.05, 0.1) is 12.9 Å². The van der Waals surface area contributed by atoms with Crippen LogP contribution in [0.3, 0.4) is 0 Å². The van der Waals surface area contributed by atoms with Gasteiger partial charge in [0.1, 0.15) is 24.1 Å². The second kappa shape index (κ2) is 4.74. The molecule has 7 nitrogen and oxygen atoms in total. The van der Waals surface area contributed by atoms with E-state index in [1.165, 1.54) is 17.2 Å². The molecule has 0 aliphatic carbocycles. The number of aliphatic hydroxyl groups excluding tert-OH is 2. The molecule has 0 radical (unpaired) electrons. The number of halogens is 3. The Morgan fingerprint density at radius 3 is 2.85 bits per heavy atom. The van der Waals surface area contributed by atoms with E-state index >= 15 is 0 Å². The summed E-state index contributed by atoms with van der Waals surface area (Å²) in [6, 6.07) is 0. The number of alkyl halides is 2. The Bertz CT molecular complexity index is 652. The van der Waals surface area contributed by atoms with Gasteiger partial charge in [-0.25, -0.2) is 19.3 Å². The minimum absolute atomic E-state index is 0.102. The van der Waals surface area contributed by atoms with Crippen molar-refractivity contribution in [3.63, 3.8) is 0 Å². The number of hydrogen-bond donors (Lipinski definition) is 2. The van der Waals surface area contributed by atoms with Crippen LogP contribution in [0.2, 0.25) is 5.15 Å². The van der Waals surface area contributed by atoms with E-state index in [-0.39, 0.29) is 16.3 Å². The van der Waals surface area contributed by atoms with Crippen LogP contribution in [0.15, 0.2) is 12.7 Å². The standard InChI is InChI=1S/C10H9Cl2FN4O3/c11-7-5-8(15-2-14-7)17(3-16-5)9-10(12,13)6(19)4(1-18)20-9/h2-4,6,9,18-19H,1H2/t4-,6-,9-,10-/m1/s1. The van der Waals surface area contributed by atoms with Crippen LogP contribution < -0.4 is 0 Å². The van der Waals surface area contributed by atoms with Crippen LogP contribution in [0.5, 0.6) is 0 Å². The molecule has 0 amide bonds. The Kier molecular flexibility index (Phi) is 3.30. The number of imidazole rings is 1. The first-order chi connectivity index (χ1) is 9.46. The molecule has 0 aromatic carbocycles. The van der Waals surface area contributed by atoms with Gasteiger partial charge in [-0.2, -0.15) is 0 Å². The number of aromatic nitrogens is 4. The summed E-state index contributed by atoms with van der Waals surface area (Å²) in [5.74, 6) is 0. The molecule has 4 atom stereocenters.